The number of nitrogens with one attached hydrogen (secondary N) is 2. The van der Waals surface area contributed by atoms with Gasteiger partial charge >= 0.3 is 12.0 Å². The molecule has 0 aliphatic carbocycles. The monoisotopic (exact) mass is 458 g/mol. The molecule has 166 valence electrons. The molecule has 0 saturated heterocycles. The van der Waals surface area contributed by atoms with Crippen LogP contribution in [0.25, 0.3) is 0 Å². The van der Waals surface area contributed by atoms with Crippen molar-refractivity contribution in [3.8, 4) is 5.75 Å². The van der Waals surface area contributed by atoms with E-state index in [4.69, 9.17) is 21.1 Å². The highest BCUT2D eigenvalue weighted by molar-refractivity contribution is 6.30. The maximum absolute atomic E-state index is 13.8. The first kappa shape index (κ1) is 21.6. The molecule has 4 rings (SSSR count). The number of hydrogen-bond donors (Lipinski definition) is 2. The quantitative estimate of drug-likeness (QED) is 0.572. The molecule has 10 heteroatoms. The molecule has 2 N–H and O–H groups in total. The number of ether oxygens (including phenoxy) is 2. The minimum atomic E-state index is -0.585. The SMILES string of the molecule is COC(=O)c1ccc(OC)c(NC(=O)N2CCc3[nH]cnc3[C@H]2c2ccc(F)c(Cl)c2)c1. The summed E-state index contributed by atoms with van der Waals surface area (Å²) >= 11 is 6.01. The average molecular weight is 459 g/mol. The summed E-state index contributed by atoms with van der Waals surface area (Å²) in [5, 5.41) is 2.76. The molecule has 1 aromatic heterocycles. The Morgan fingerprint density at radius 1 is 1.25 bits per heavy atom. The zero-order valence-corrected chi connectivity index (χ0v) is 18.1. The Morgan fingerprint density at radius 3 is 2.78 bits per heavy atom. The summed E-state index contributed by atoms with van der Waals surface area (Å²) in [4.78, 5) is 34.3. The van der Waals surface area contributed by atoms with Gasteiger partial charge in [0.2, 0.25) is 0 Å². The lowest BCUT2D eigenvalue weighted by molar-refractivity contribution is 0.0600. The molecule has 1 aliphatic rings. The molecule has 0 fully saturated rings. The predicted octanol–water partition coefficient (Wildman–Crippen LogP) is 4.18. The molecular weight excluding hydrogens is 439 g/mol. The van der Waals surface area contributed by atoms with Gasteiger partial charge in [-0.1, -0.05) is 17.7 Å². The third kappa shape index (κ3) is 3.99. The topological polar surface area (TPSA) is 96.5 Å². The van der Waals surface area contributed by atoms with Crippen molar-refractivity contribution in [3.05, 3.63) is 76.1 Å². The number of methoxy groups -OCH3 is 2. The molecular formula is C22H20ClFN4O4. The largest absolute Gasteiger partial charge is 0.495 e. The molecule has 1 atom stereocenters. The Morgan fingerprint density at radius 2 is 2.06 bits per heavy atom. The van der Waals surface area contributed by atoms with E-state index in [-0.39, 0.29) is 10.6 Å². The number of benzene rings is 2. The fourth-order valence-corrected chi connectivity index (χ4v) is 3.94. The first-order valence-electron chi connectivity index (χ1n) is 9.74. The number of carbonyl (C=O) groups excluding carboxylic acids is 2. The number of urea groups is 1. The van der Waals surface area contributed by atoms with E-state index in [1.54, 1.807) is 29.4 Å². The highest BCUT2D eigenvalue weighted by atomic mass is 35.5. The summed E-state index contributed by atoms with van der Waals surface area (Å²) < 4.78 is 23.8. The Hall–Kier alpha value is -3.59. The molecule has 3 aromatic rings. The van der Waals surface area contributed by atoms with E-state index in [2.05, 4.69) is 15.3 Å². The fourth-order valence-electron chi connectivity index (χ4n) is 3.75. The highest BCUT2D eigenvalue weighted by Gasteiger charge is 2.35. The summed E-state index contributed by atoms with van der Waals surface area (Å²) in [6.07, 6.45) is 2.13. The number of aromatic amines is 1. The predicted molar refractivity (Wildman–Crippen MR) is 116 cm³/mol. The molecule has 0 bridgehead atoms. The Labute approximate surface area is 188 Å². The van der Waals surface area contributed by atoms with E-state index >= 15 is 0 Å². The third-order valence-electron chi connectivity index (χ3n) is 5.31. The van der Waals surface area contributed by atoms with Crippen LogP contribution in [0.2, 0.25) is 5.02 Å². The molecule has 1 aliphatic heterocycles. The minimum absolute atomic E-state index is 0.0436. The van der Waals surface area contributed by atoms with Gasteiger partial charge < -0.3 is 24.7 Å². The van der Waals surface area contributed by atoms with Crippen molar-refractivity contribution >= 4 is 29.3 Å². The number of H-pyrrole nitrogens is 1. The number of halogens is 2. The van der Waals surface area contributed by atoms with Gasteiger partial charge in [0.1, 0.15) is 17.6 Å². The van der Waals surface area contributed by atoms with Crippen LogP contribution in [0.15, 0.2) is 42.7 Å². The smallest absolute Gasteiger partial charge is 0.337 e. The number of amides is 2. The van der Waals surface area contributed by atoms with Crippen LogP contribution in [-0.2, 0) is 11.2 Å². The summed E-state index contributed by atoms with van der Waals surface area (Å²) in [5.74, 6) is -0.709. The van der Waals surface area contributed by atoms with Crippen molar-refractivity contribution in [2.45, 2.75) is 12.5 Å². The average Bonchev–Trinajstić information content (AvgIpc) is 3.28. The molecule has 2 aromatic carbocycles. The summed E-state index contributed by atoms with van der Waals surface area (Å²) in [7, 11) is 2.74. The first-order chi connectivity index (χ1) is 15.4. The summed E-state index contributed by atoms with van der Waals surface area (Å²) in [5.41, 5.74) is 2.74. The molecule has 0 unspecified atom stereocenters. The lowest BCUT2D eigenvalue weighted by atomic mass is 9.96. The van der Waals surface area contributed by atoms with E-state index in [1.807, 2.05) is 0 Å². The van der Waals surface area contributed by atoms with E-state index in [9.17, 15) is 14.0 Å². The Kier molecular flexibility index (Phi) is 6.00. The zero-order chi connectivity index (χ0) is 22.8. The van der Waals surface area contributed by atoms with Crippen LogP contribution in [0.4, 0.5) is 14.9 Å². The van der Waals surface area contributed by atoms with Crippen molar-refractivity contribution in [1.29, 1.82) is 0 Å². The van der Waals surface area contributed by atoms with Gasteiger partial charge in [0.05, 0.1) is 42.5 Å². The second kappa shape index (κ2) is 8.88. The lowest BCUT2D eigenvalue weighted by Gasteiger charge is -2.35. The van der Waals surface area contributed by atoms with E-state index in [0.29, 0.717) is 35.7 Å². The van der Waals surface area contributed by atoms with Crippen molar-refractivity contribution in [2.24, 2.45) is 0 Å². The van der Waals surface area contributed by atoms with Gasteiger partial charge in [-0.05, 0) is 35.9 Å². The maximum atomic E-state index is 13.8. The van der Waals surface area contributed by atoms with Crippen LogP contribution in [0.5, 0.6) is 5.75 Å². The zero-order valence-electron chi connectivity index (χ0n) is 17.3. The van der Waals surface area contributed by atoms with Crippen molar-refractivity contribution < 1.29 is 23.5 Å². The van der Waals surface area contributed by atoms with E-state index < -0.39 is 23.9 Å². The van der Waals surface area contributed by atoms with Gasteiger partial charge in [-0.25, -0.2) is 19.0 Å². The van der Waals surface area contributed by atoms with Crippen molar-refractivity contribution in [3.63, 3.8) is 0 Å². The highest BCUT2D eigenvalue weighted by Crippen LogP contribution is 2.36. The molecule has 0 spiro atoms. The number of anilines is 1. The molecule has 32 heavy (non-hydrogen) atoms. The molecule has 8 nitrogen and oxygen atoms in total. The second-order valence-corrected chi connectivity index (χ2v) is 7.53. The third-order valence-corrected chi connectivity index (χ3v) is 5.60. The number of fused-ring (bicyclic) bond motifs is 1. The van der Waals surface area contributed by atoms with E-state index in [0.717, 1.165) is 5.69 Å². The number of rotatable bonds is 4. The number of aromatic nitrogens is 2. The Balaban J connectivity index is 1.69. The first-order valence-corrected chi connectivity index (χ1v) is 10.1. The Bertz CT molecular complexity index is 1180. The van der Waals surface area contributed by atoms with E-state index in [1.165, 1.54) is 32.4 Å². The normalized spacial score (nSPS) is 15.1. The number of esters is 1. The molecule has 0 radical (unpaired) electrons. The standard InChI is InChI=1S/C22H20ClFN4O4/c1-31-18-6-4-13(21(29)32-2)10-17(18)27-22(30)28-8-7-16-19(26-11-25-16)20(28)12-3-5-15(24)14(23)9-12/h3-6,9-11,20H,7-8H2,1-2H3,(H,25,26)(H,27,30)/t20-/m1/s1. The maximum Gasteiger partial charge on any atom is 0.337 e. The summed E-state index contributed by atoms with van der Waals surface area (Å²) in [6.45, 7) is 0.375. The molecule has 2 heterocycles. The molecule has 2 amide bonds. The number of nitrogens with zero attached hydrogens (tertiary/aromatic N) is 2. The van der Waals surface area contributed by atoms with Gasteiger partial charge in [-0.3, -0.25) is 0 Å². The van der Waals surface area contributed by atoms with Crippen LogP contribution in [0, 0.1) is 5.82 Å². The van der Waals surface area contributed by atoms with Gasteiger partial charge in [-0.15, -0.1) is 0 Å². The van der Waals surface area contributed by atoms with Gasteiger partial charge in [-0.2, -0.15) is 0 Å². The van der Waals surface area contributed by atoms with Gasteiger partial charge in [0, 0.05) is 18.7 Å². The van der Waals surface area contributed by atoms with Gasteiger partial charge in [0.25, 0.3) is 0 Å². The van der Waals surface area contributed by atoms with Crippen molar-refractivity contribution in [1.82, 2.24) is 14.9 Å². The van der Waals surface area contributed by atoms with Crippen LogP contribution >= 0.6 is 11.6 Å². The number of imidazole rings is 1. The van der Waals surface area contributed by atoms with Crippen molar-refractivity contribution in [2.75, 3.05) is 26.1 Å². The van der Waals surface area contributed by atoms with Gasteiger partial charge in [0.15, 0.2) is 0 Å². The number of carbonyl (C=O) groups is 2. The second-order valence-electron chi connectivity index (χ2n) is 7.12. The fraction of sp³-hybridized carbons (Fsp3) is 0.227. The van der Waals surface area contributed by atoms with Crippen LogP contribution in [-0.4, -0.2) is 47.6 Å². The molecule has 0 saturated carbocycles. The summed E-state index contributed by atoms with van der Waals surface area (Å²) in [6, 6.07) is 7.90. The van der Waals surface area contributed by atoms with Crippen LogP contribution in [0.3, 0.4) is 0 Å². The number of hydrogen-bond acceptors (Lipinski definition) is 5. The lowest BCUT2D eigenvalue weighted by Crippen LogP contribution is -2.43. The van der Waals surface area contributed by atoms with Crippen LogP contribution < -0.4 is 10.1 Å². The van der Waals surface area contributed by atoms with Crippen LogP contribution in [0.1, 0.15) is 33.4 Å². The minimum Gasteiger partial charge on any atom is -0.495 e.